The third-order valence-electron chi connectivity index (χ3n) is 3.24. The van der Waals surface area contributed by atoms with E-state index in [0.717, 1.165) is 5.56 Å². The van der Waals surface area contributed by atoms with Gasteiger partial charge in [0.2, 0.25) is 5.91 Å². The Balaban J connectivity index is 2.00. The summed E-state index contributed by atoms with van der Waals surface area (Å²) in [5.74, 6) is -0.590. The van der Waals surface area contributed by atoms with Crippen molar-refractivity contribution in [1.82, 2.24) is 0 Å². The number of hydrogen-bond donors (Lipinski definition) is 1. The minimum atomic E-state index is -3.45. The summed E-state index contributed by atoms with van der Waals surface area (Å²) >= 11 is 5.98. The highest BCUT2D eigenvalue weighted by atomic mass is 35.5. The predicted octanol–water partition coefficient (Wildman–Crippen LogP) is 3.45. The van der Waals surface area contributed by atoms with Gasteiger partial charge in [-0.1, -0.05) is 35.9 Å². The van der Waals surface area contributed by atoms with Crippen molar-refractivity contribution in [1.29, 1.82) is 0 Å². The maximum Gasteiger partial charge on any atom is 0.225 e. The zero-order valence-electron chi connectivity index (χ0n) is 12.0. The molecule has 6 heteroatoms. The van der Waals surface area contributed by atoms with Crippen LogP contribution in [0.3, 0.4) is 0 Å². The molecule has 0 aromatic heterocycles. The predicted molar refractivity (Wildman–Crippen MR) is 87.9 cm³/mol. The molecule has 22 heavy (non-hydrogen) atoms. The number of nitrogens with one attached hydrogen (secondary N) is 1. The number of benzene rings is 2. The fraction of sp³-hybridized carbons (Fsp3) is 0.188. The first-order chi connectivity index (χ1) is 10.4. The van der Waals surface area contributed by atoms with Crippen LogP contribution in [0.4, 0.5) is 5.69 Å². The lowest BCUT2D eigenvalue weighted by Gasteiger charge is -2.09. The van der Waals surface area contributed by atoms with Crippen LogP contribution in [0.15, 0.2) is 53.4 Å². The lowest BCUT2D eigenvalue weighted by atomic mass is 10.2. The number of anilines is 1. The zero-order chi connectivity index (χ0) is 16.2. The van der Waals surface area contributed by atoms with Crippen LogP contribution in [-0.4, -0.2) is 20.1 Å². The van der Waals surface area contributed by atoms with E-state index in [9.17, 15) is 13.2 Å². The molecule has 1 N–H and O–H groups in total. The molecule has 4 nitrogen and oxygen atoms in total. The Morgan fingerprint density at radius 1 is 1.09 bits per heavy atom. The van der Waals surface area contributed by atoms with Crippen LogP contribution in [0.2, 0.25) is 5.02 Å². The van der Waals surface area contributed by atoms with E-state index in [0.29, 0.717) is 10.7 Å². The highest BCUT2D eigenvalue weighted by Crippen LogP contribution is 2.23. The minimum absolute atomic E-state index is 0.108. The van der Waals surface area contributed by atoms with E-state index in [1.807, 2.05) is 0 Å². The van der Waals surface area contributed by atoms with Gasteiger partial charge in [0.15, 0.2) is 9.84 Å². The van der Waals surface area contributed by atoms with E-state index in [1.165, 1.54) is 12.1 Å². The van der Waals surface area contributed by atoms with E-state index >= 15 is 0 Å². The minimum Gasteiger partial charge on any atom is -0.326 e. The van der Waals surface area contributed by atoms with Crippen molar-refractivity contribution in [2.75, 3.05) is 11.1 Å². The van der Waals surface area contributed by atoms with Crippen LogP contribution < -0.4 is 5.32 Å². The summed E-state index contributed by atoms with van der Waals surface area (Å²) in [6.45, 7) is 1.79. The van der Waals surface area contributed by atoms with Crippen LogP contribution in [0.25, 0.3) is 0 Å². The summed E-state index contributed by atoms with van der Waals surface area (Å²) in [5.41, 5.74) is 1.35. The van der Waals surface area contributed by atoms with Gasteiger partial charge >= 0.3 is 0 Å². The van der Waals surface area contributed by atoms with Gasteiger partial charge in [0.1, 0.15) is 0 Å². The van der Waals surface area contributed by atoms with Crippen molar-refractivity contribution in [2.45, 2.75) is 18.2 Å². The Morgan fingerprint density at radius 3 is 2.45 bits per heavy atom. The Kier molecular flexibility index (Phi) is 5.21. The average molecular weight is 338 g/mol. The Hall–Kier alpha value is -1.85. The molecule has 0 spiro atoms. The molecule has 0 radical (unpaired) electrons. The summed E-state index contributed by atoms with van der Waals surface area (Å²) in [5, 5.41) is 3.24. The maximum atomic E-state index is 12.1. The Bertz CT molecular complexity index is 773. The smallest absolute Gasteiger partial charge is 0.225 e. The number of sulfone groups is 1. The van der Waals surface area contributed by atoms with Gasteiger partial charge in [-0.05, 0) is 36.8 Å². The third kappa shape index (κ3) is 4.08. The number of rotatable bonds is 5. The van der Waals surface area contributed by atoms with Crippen LogP contribution in [0.5, 0.6) is 0 Å². The summed E-state index contributed by atoms with van der Waals surface area (Å²) in [4.78, 5) is 12.2. The standard InChI is InChI=1S/C16H16ClNO3S/c1-12-14(17)8-5-9-15(12)18-16(19)10-11-22(20,21)13-6-3-2-4-7-13/h2-9H,10-11H2,1H3,(H,18,19). The molecule has 0 aliphatic carbocycles. The van der Waals surface area contributed by atoms with E-state index in [4.69, 9.17) is 11.6 Å². The number of carbonyl (C=O) groups is 1. The Labute approximate surface area is 135 Å². The first-order valence-corrected chi connectivity index (χ1v) is 8.76. The summed E-state index contributed by atoms with van der Waals surface area (Å²) < 4.78 is 24.2. The molecular weight excluding hydrogens is 322 g/mol. The van der Waals surface area contributed by atoms with E-state index in [2.05, 4.69) is 5.32 Å². The Morgan fingerprint density at radius 2 is 1.77 bits per heavy atom. The molecule has 2 aromatic carbocycles. The maximum absolute atomic E-state index is 12.1. The zero-order valence-corrected chi connectivity index (χ0v) is 13.6. The lowest BCUT2D eigenvalue weighted by molar-refractivity contribution is -0.115. The van der Waals surface area contributed by atoms with Crippen molar-refractivity contribution in [3.05, 3.63) is 59.1 Å². The van der Waals surface area contributed by atoms with Crippen molar-refractivity contribution in [3.63, 3.8) is 0 Å². The number of carbonyl (C=O) groups excluding carboxylic acids is 1. The van der Waals surface area contributed by atoms with Gasteiger partial charge in [-0.25, -0.2) is 8.42 Å². The van der Waals surface area contributed by atoms with Gasteiger partial charge in [0, 0.05) is 17.1 Å². The van der Waals surface area contributed by atoms with Gasteiger partial charge in [0.05, 0.1) is 10.6 Å². The molecule has 0 atom stereocenters. The molecule has 0 fully saturated rings. The largest absolute Gasteiger partial charge is 0.326 e. The van der Waals surface area contributed by atoms with Gasteiger partial charge in [0.25, 0.3) is 0 Å². The van der Waals surface area contributed by atoms with Crippen molar-refractivity contribution in [2.24, 2.45) is 0 Å². The quantitative estimate of drug-likeness (QED) is 0.908. The van der Waals surface area contributed by atoms with Crippen molar-refractivity contribution < 1.29 is 13.2 Å². The molecule has 2 aromatic rings. The van der Waals surface area contributed by atoms with Gasteiger partial charge in [-0.15, -0.1) is 0 Å². The molecule has 2 rings (SSSR count). The van der Waals surface area contributed by atoms with Crippen LogP contribution in [0.1, 0.15) is 12.0 Å². The molecule has 0 unspecified atom stereocenters. The van der Waals surface area contributed by atoms with Gasteiger partial charge in [-0.3, -0.25) is 4.79 Å². The molecule has 0 saturated heterocycles. The molecule has 0 aliphatic heterocycles. The molecule has 116 valence electrons. The fourth-order valence-electron chi connectivity index (χ4n) is 1.93. The van der Waals surface area contributed by atoms with Gasteiger partial charge < -0.3 is 5.32 Å². The number of halogens is 1. The van der Waals surface area contributed by atoms with Crippen LogP contribution >= 0.6 is 11.6 Å². The highest BCUT2D eigenvalue weighted by molar-refractivity contribution is 7.91. The first kappa shape index (κ1) is 16.5. The lowest BCUT2D eigenvalue weighted by Crippen LogP contribution is -2.18. The highest BCUT2D eigenvalue weighted by Gasteiger charge is 2.16. The monoisotopic (exact) mass is 337 g/mol. The van der Waals surface area contributed by atoms with E-state index in [1.54, 1.807) is 43.3 Å². The average Bonchev–Trinajstić information content (AvgIpc) is 2.51. The summed E-state index contributed by atoms with van der Waals surface area (Å²) in [7, 11) is -3.45. The van der Waals surface area contributed by atoms with E-state index in [-0.39, 0.29) is 23.0 Å². The van der Waals surface area contributed by atoms with E-state index < -0.39 is 9.84 Å². The molecular formula is C16H16ClNO3S. The molecule has 0 saturated carbocycles. The number of hydrogen-bond acceptors (Lipinski definition) is 3. The third-order valence-corrected chi connectivity index (χ3v) is 5.38. The van der Waals surface area contributed by atoms with Gasteiger partial charge in [-0.2, -0.15) is 0 Å². The van der Waals surface area contributed by atoms with Crippen molar-refractivity contribution >= 4 is 33.0 Å². The molecule has 1 amide bonds. The molecule has 0 heterocycles. The molecule has 0 aliphatic rings. The van der Waals surface area contributed by atoms with Crippen LogP contribution in [-0.2, 0) is 14.6 Å². The second kappa shape index (κ2) is 6.94. The topological polar surface area (TPSA) is 63.2 Å². The number of amides is 1. The SMILES string of the molecule is Cc1c(Cl)cccc1NC(=O)CCS(=O)(=O)c1ccccc1. The van der Waals surface area contributed by atoms with Crippen LogP contribution in [0, 0.1) is 6.92 Å². The normalized spacial score (nSPS) is 11.2. The second-order valence-corrected chi connectivity index (χ2v) is 7.36. The first-order valence-electron chi connectivity index (χ1n) is 6.73. The second-order valence-electron chi connectivity index (χ2n) is 4.84. The summed E-state index contributed by atoms with van der Waals surface area (Å²) in [6.07, 6.45) is -0.108. The van der Waals surface area contributed by atoms with Crippen molar-refractivity contribution in [3.8, 4) is 0 Å². The fourth-order valence-corrected chi connectivity index (χ4v) is 3.36. The summed E-state index contributed by atoms with van der Waals surface area (Å²) in [6, 6.07) is 13.3. The molecule has 0 bridgehead atoms.